The maximum absolute atomic E-state index is 6.25. The molecule has 112 valence electrons. The van der Waals surface area contributed by atoms with Crippen molar-refractivity contribution in [1.29, 1.82) is 0 Å². The lowest BCUT2D eigenvalue weighted by molar-refractivity contribution is 0.150. The topological polar surface area (TPSA) is 34.1 Å². The Balaban J connectivity index is 1.89. The van der Waals surface area contributed by atoms with E-state index in [-0.39, 0.29) is 0 Å². The van der Waals surface area contributed by atoms with Crippen LogP contribution in [0.5, 0.6) is 5.88 Å². The number of aromatic nitrogens is 1. The van der Waals surface area contributed by atoms with Crippen LogP contribution in [0.25, 0.3) is 10.8 Å². The van der Waals surface area contributed by atoms with E-state index in [1.165, 1.54) is 24.6 Å². The SMILES string of the molecule is CCNCc1cc2ccccc2c(OC2CCCCC2)n1. The third-order valence-corrected chi connectivity index (χ3v) is 4.15. The minimum absolute atomic E-state index is 0.337. The average molecular weight is 284 g/mol. The molecule has 0 saturated heterocycles. The van der Waals surface area contributed by atoms with Gasteiger partial charge >= 0.3 is 0 Å². The number of rotatable bonds is 5. The fraction of sp³-hybridized carbons (Fsp3) is 0.500. The molecule has 2 aromatic rings. The molecule has 1 saturated carbocycles. The second-order valence-electron chi connectivity index (χ2n) is 5.80. The van der Waals surface area contributed by atoms with Gasteiger partial charge < -0.3 is 10.1 Å². The van der Waals surface area contributed by atoms with Crippen LogP contribution in [-0.2, 0) is 6.54 Å². The fourth-order valence-electron chi connectivity index (χ4n) is 2.99. The van der Waals surface area contributed by atoms with E-state index in [0.29, 0.717) is 6.10 Å². The van der Waals surface area contributed by atoms with Crippen molar-refractivity contribution >= 4 is 10.8 Å². The van der Waals surface area contributed by atoms with Crippen LogP contribution in [-0.4, -0.2) is 17.6 Å². The molecule has 1 N–H and O–H groups in total. The van der Waals surface area contributed by atoms with Crippen molar-refractivity contribution in [3.8, 4) is 5.88 Å². The van der Waals surface area contributed by atoms with Gasteiger partial charge in [-0.15, -0.1) is 0 Å². The Morgan fingerprint density at radius 3 is 2.81 bits per heavy atom. The van der Waals surface area contributed by atoms with Crippen molar-refractivity contribution in [2.75, 3.05) is 6.54 Å². The number of hydrogen-bond acceptors (Lipinski definition) is 3. The van der Waals surface area contributed by atoms with Crippen molar-refractivity contribution < 1.29 is 4.74 Å². The molecule has 3 heteroatoms. The van der Waals surface area contributed by atoms with Crippen molar-refractivity contribution in [2.24, 2.45) is 0 Å². The lowest BCUT2D eigenvalue weighted by Gasteiger charge is -2.23. The quantitative estimate of drug-likeness (QED) is 0.899. The van der Waals surface area contributed by atoms with Crippen molar-refractivity contribution in [1.82, 2.24) is 10.3 Å². The van der Waals surface area contributed by atoms with Crippen LogP contribution in [0.1, 0.15) is 44.7 Å². The first-order valence-corrected chi connectivity index (χ1v) is 8.13. The van der Waals surface area contributed by atoms with Gasteiger partial charge in [0.25, 0.3) is 0 Å². The van der Waals surface area contributed by atoms with Crippen molar-refractivity contribution in [2.45, 2.75) is 51.7 Å². The molecule has 21 heavy (non-hydrogen) atoms. The van der Waals surface area contributed by atoms with Gasteiger partial charge in [0.05, 0.1) is 5.69 Å². The lowest BCUT2D eigenvalue weighted by atomic mass is 9.98. The number of fused-ring (bicyclic) bond motifs is 1. The van der Waals surface area contributed by atoms with E-state index in [1.54, 1.807) is 0 Å². The fourth-order valence-corrected chi connectivity index (χ4v) is 2.99. The smallest absolute Gasteiger partial charge is 0.221 e. The molecule has 0 bridgehead atoms. The molecular formula is C18H24N2O. The number of nitrogens with zero attached hydrogens (tertiary/aromatic N) is 1. The number of nitrogens with one attached hydrogen (secondary N) is 1. The zero-order chi connectivity index (χ0) is 14.5. The molecule has 0 spiro atoms. The van der Waals surface area contributed by atoms with Crippen LogP contribution in [0.4, 0.5) is 0 Å². The molecule has 0 atom stereocenters. The highest BCUT2D eigenvalue weighted by Crippen LogP contribution is 2.28. The molecule has 3 nitrogen and oxygen atoms in total. The van der Waals surface area contributed by atoms with Crippen LogP contribution in [0.2, 0.25) is 0 Å². The van der Waals surface area contributed by atoms with Crippen LogP contribution < -0.4 is 10.1 Å². The van der Waals surface area contributed by atoms with Gasteiger partial charge in [0, 0.05) is 11.9 Å². The van der Waals surface area contributed by atoms with E-state index in [4.69, 9.17) is 9.72 Å². The van der Waals surface area contributed by atoms with Gasteiger partial charge in [0.2, 0.25) is 5.88 Å². The summed E-state index contributed by atoms with van der Waals surface area (Å²) in [5, 5.41) is 5.68. The number of ether oxygens (including phenoxy) is 1. The van der Waals surface area contributed by atoms with Crippen LogP contribution >= 0.6 is 0 Å². The molecule has 0 radical (unpaired) electrons. The van der Waals surface area contributed by atoms with Crippen LogP contribution in [0, 0.1) is 0 Å². The first-order valence-electron chi connectivity index (χ1n) is 8.13. The first-order chi connectivity index (χ1) is 10.4. The number of hydrogen-bond donors (Lipinski definition) is 1. The molecule has 0 unspecified atom stereocenters. The summed E-state index contributed by atoms with van der Waals surface area (Å²) in [6.45, 7) is 3.86. The predicted octanol–water partition coefficient (Wildman–Crippen LogP) is 4.06. The van der Waals surface area contributed by atoms with Gasteiger partial charge in [-0.1, -0.05) is 31.5 Å². The molecule has 1 aliphatic rings. The maximum atomic E-state index is 6.25. The van der Waals surface area contributed by atoms with E-state index >= 15 is 0 Å². The van der Waals surface area contributed by atoms with Gasteiger partial charge in [-0.05, 0) is 49.7 Å². The summed E-state index contributed by atoms with van der Waals surface area (Å²) in [5.74, 6) is 0.813. The number of pyridine rings is 1. The third-order valence-electron chi connectivity index (χ3n) is 4.15. The summed E-state index contributed by atoms with van der Waals surface area (Å²) in [7, 11) is 0. The Labute approximate surface area is 126 Å². The van der Waals surface area contributed by atoms with Gasteiger partial charge in [-0.3, -0.25) is 0 Å². The second kappa shape index (κ2) is 6.90. The zero-order valence-corrected chi connectivity index (χ0v) is 12.8. The molecule has 1 aromatic heterocycles. The Morgan fingerprint density at radius 2 is 2.00 bits per heavy atom. The normalized spacial score (nSPS) is 16.2. The summed E-state index contributed by atoms with van der Waals surface area (Å²) >= 11 is 0. The summed E-state index contributed by atoms with van der Waals surface area (Å²) in [4.78, 5) is 4.75. The summed E-state index contributed by atoms with van der Waals surface area (Å²) < 4.78 is 6.25. The van der Waals surface area contributed by atoms with E-state index in [2.05, 4.69) is 42.6 Å². The maximum Gasteiger partial charge on any atom is 0.221 e. The van der Waals surface area contributed by atoms with E-state index in [0.717, 1.165) is 42.9 Å². The van der Waals surface area contributed by atoms with Crippen molar-refractivity contribution in [3.05, 3.63) is 36.0 Å². The van der Waals surface area contributed by atoms with Gasteiger partial charge in [0.15, 0.2) is 0 Å². The Bertz CT molecular complexity index is 591. The zero-order valence-electron chi connectivity index (χ0n) is 12.8. The Kier molecular flexibility index (Phi) is 4.71. The highest BCUT2D eigenvalue weighted by molar-refractivity contribution is 5.87. The summed E-state index contributed by atoms with van der Waals surface area (Å²) in [6, 6.07) is 10.5. The standard InChI is InChI=1S/C18H24N2O/c1-2-19-13-15-12-14-8-6-7-11-17(14)18(20-15)21-16-9-4-3-5-10-16/h6-8,11-12,16,19H,2-5,9-10,13H2,1H3. The van der Waals surface area contributed by atoms with E-state index in [9.17, 15) is 0 Å². The summed E-state index contributed by atoms with van der Waals surface area (Å²) in [6.07, 6.45) is 6.55. The molecule has 1 fully saturated rings. The molecule has 0 amide bonds. The van der Waals surface area contributed by atoms with Crippen molar-refractivity contribution in [3.63, 3.8) is 0 Å². The monoisotopic (exact) mass is 284 g/mol. The van der Waals surface area contributed by atoms with Gasteiger partial charge in [0.1, 0.15) is 6.10 Å². The minimum Gasteiger partial charge on any atom is -0.474 e. The molecule has 1 aromatic carbocycles. The second-order valence-corrected chi connectivity index (χ2v) is 5.80. The third kappa shape index (κ3) is 3.53. The van der Waals surface area contributed by atoms with Crippen LogP contribution in [0.3, 0.4) is 0 Å². The number of benzene rings is 1. The molecule has 1 heterocycles. The highest BCUT2D eigenvalue weighted by atomic mass is 16.5. The lowest BCUT2D eigenvalue weighted by Crippen LogP contribution is -2.21. The van der Waals surface area contributed by atoms with Crippen LogP contribution in [0.15, 0.2) is 30.3 Å². The largest absolute Gasteiger partial charge is 0.474 e. The van der Waals surface area contributed by atoms with E-state index in [1.807, 2.05) is 0 Å². The average Bonchev–Trinajstić information content (AvgIpc) is 2.54. The highest BCUT2D eigenvalue weighted by Gasteiger charge is 2.17. The Morgan fingerprint density at radius 1 is 1.19 bits per heavy atom. The molecule has 3 rings (SSSR count). The molecule has 1 aliphatic carbocycles. The Hall–Kier alpha value is -1.61. The first kappa shape index (κ1) is 14.3. The van der Waals surface area contributed by atoms with Gasteiger partial charge in [-0.25, -0.2) is 4.98 Å². The van der Waals surface area contributed by atoms with E-state index < -0.39 is 0 Å². The molecular weight excluding hydrogens is 260 g/mol. The minimum atomic E-state index is 0.337. The van der Waals surface area contributed by atoms with Gasteiger partial charge in [-0.2, -0.15) is 0 Å². The molecule has 0 aliphatic heterocycles. The predicted molar refractivity (Wildman–Crippen MR) is 86.6 cm³/mol. The summed E-state index contributed by atoms with van der Waals surface area (Å²) in [5.41, 5.74) is 1.06.